The van der Waals surface area contributed by atoms with Gasteiger partial charge in [0.1, 0.15) is 0 Å². The molecule has 0 saturated heterocycles. The van der Waals surface area contributed by atoms with E-state index in [-0.39, 0.29) is 12.4 Å². The number of aromatic nitrogens is 1. The second kappa shape index (κ2) is 9.22. The van der Waals surface area contributed by atoms with E-state index in [2.05, 4.69) is 54.1 Å². The van der Waals surface area contributed by atoms with Gasteiger partial charge in [0.25, 0.3) is 0 Å². The molecule has 104 valence electrons. The third-order valence-corrected chi connectivity index (χ3v) is 4.20. The maximum atomic E-state index is 2.35. The van der Waals surface area contributed by atoms with Crippen LogP contribution in [-0.2, 0) is 5.88 Å². The monoisotopic (exact) mass is 295 g/mol. The molecule has 19 heavy (non-hydrogen) atoms. The molecular formula is C16H22ClNS. The number of unbranched alkanes of at least 4 members (excludes halogenated alkanes) is 3. The Morgan fingerprint density at radius 3 is 2.63 bits per heavy atom. The molecule has 1 heterocycles. The van der Waals surface area contributed by atoms with Crippen LogP contribution in [0.25, 0.3) is 10.9 Å². The topological polar surface area (TPSA) is 3.88 Å². The Bertz CT molecular complexity index is 482. The van der Waals surface area contributed by atoms with Gasteiger partial charge in [-0.2, -0.15) is 4.57 Å². The van der Waals surface area contributed by atoms with E-state index in [4.69, 9.17) is 0 Å². The molecule has 0 N–H and O–H groups in total. The molecule has 1 nitrogen and oxygen atoms in total. The van der Waals surface area contributed by atoms with E-state index in [9.17, 15) is 0 Å². The number of halogens is 1. The highest BCUT2D eigenvalue weighted by Crippen LogP contribution is 2.11. The van der Waals surface area contributed by atoms with Crippen molar-refractivity contribution in [3.8, 4) is 0 Å². The molecule has 0 radical (unpaired) electrons. The zero-order valence-electron chi connectivity index (χ0n) is 11.5. The minimum Gasteiger partial charge on any atom is -1.00 e. The Morgan fingerprint density at radius 2 is 1.79 bits per heavy atom. The lowest BCUT2D eigenvalue weighted by Crippen LogP contribution is -3.00. The van der Waals surface area contributed by atoms with Crippen LogP contribution in [0.2, 0.25) is 0 Å². The Balaban J connectivity index is 0.00000180. The summed E-state index contributed by atoms with van der Waals surface area (Å²) in [6, 6.07) is 12.9. The minimum absolute atomic E-state index is 0. The maximum Gasteiger partial charge on any atom is 0.213 e. The number of pyridine rings is 1. The number of nitrogens with zero attached hydrogens (tertiary/aromatic N) is 1. The Kier molecular flexibility index (Phi) is 7.92. The van der Waals surface area contributed by atoms with Gasteiger partial charge in [0.2, 0.25) is 5.52 Å². The number of para-hydroxylation sites is 1. The van der Waals surface area contributed by atoms with E-state index in [0.717, 1.165) is 5.88 Å². The number of thioether (sulfide) groups is 1. The fourth-order valence-electron chi connectivity index (χ4n) is 2.13. The minimum atomic E-state index is 0. The molecule has 0 saturated carbocycles. The standard InChI is InChI=1S/C16H22NS.ClH/c1-2-3-4-7-13-18-14-17-12-8-10-15-9-5-6-11-16(15)17;/h5-6,8-12H,2-4,7,13-14H2,1H3;1H/q+1;/p-1. The lowest BCUT2D eigenvalue weighted by atomic mass is 10.2. The highest BCUT2D eigenvalue weighted by molar-refractivity contribution is 7.98. The first-order valence-corrected chi connectivity index (χ1v) is 8.02. The Morgan fingerprint density at radius 1 is 1.00 bits per heavy atom. The smallest absolute Gasteiger partial charge is 0.213 e. The summed E-state index contributed by atoms with van der Waals surface area (Å²) in [6.45, 7) is 2.26. The Hall–Kier alpha value is -0.730. The van der Waals surface area contributed by atoms with E-state index in [1.54, 1.807) is 0 Å². The van der Waals surface area contributed by atoms with Gasteiger partial charge < -0.3 is 12.4 Å². The van der Waals surface area contributed by atoms with E-state index >= 15 is 0 Å². The van der Waals surface area contributed by atoms with Gasteiger partial charge in [0.05, 0.1) is 0 Å². The molecule has 0 atom stereocenters. The van der Waals surface area contributed by atoms with E-state index in [0.29, 0.717) is 0 Å². The molecule has 3 heteroatoms. The molecule has 0 aliphatic heterocycles. The number of hydrogen-bond acceptors (Lipinski definition) is 1. The van der Waals surface area contributed by atoms with Crippen LogP contribution in [0, 0.1) is 0 Å². The van der Waals surface area contributed by atoms with Crippen molar-refractivity contribution in [1.82, 2.24) is 0 Å². The first-order valence-electron chi connectivity index (χ1n) is 6.87. The van der Waals surface area contributed by atoms with Crippen LogP contribution in [0.15, 0.2) is 42.6 Å². The average molecular weight is 296 g/mol. The summed E-state index contributed by atoms with van der Waals surface area (Å²) in [5, 5.41) is 1.33. The van der Waals surface area contributed by atoms with E-state index in [1.165, 1.54) is 42.3 Å². The zero-order valence-corrected chi connectivity index (χ0v) is 13.1. The second-order valence-corrected chi connectivity index (χ2v) is 5.71. The van der Waals surface area contributed by atoms with Crippen LogP contribution in [0.3, 0.4) is 0 Å². The predicted octanol–water partition coefficient (Wildman–Crippen LogP) is 1.40. The quantitative estimate of drug-likeness (QED) is 0.552. The van der Waals surface area contributed by atoms with Gasteiger partial charge in [-0.25, -0.2) is 0 Å². The molecule has 0 amide bonds. The van der Waals surface area contributed by atoms with Crippen LogP contribution >= 0.6 is 11.8 Å². The van der Waals surface area contributed by atoms with Gasteiger partial charge in [0, 0.05) is 17.5 Å². The maximum absolute atomic E-state index is 2.35. The Labute approximate surface area is 126 Å². The van der Waals surface area contributed by atoms with E-state index < -0.39 is 0 Å². The summed E-state index contributed by atoms with van der Waals surface area (Å²) < 4.78 is 2.35. The summed E-state index contributed by atoms with van der Waals surface area (Å²) in [7, 11) is 0. The molecule has 0 unspecified atom stereocenters. The van der Waals surface area contributed by atoms with Crippen LogP contribution < -0.4 is 17.0 Å². The van der Waals surface area contributed by atoms with Gasteiger partial charge in [0.15, 0.2) is 12.1 Å². The van der Waals surface area contributed by atoms with Crippen LogP contribution in [0.4, 0.5) is 0 Å². The molecule has 1 aromatic carbocycles. The third-order valence-electron chi connectivity index (χ3n) is 3.16. The second-order valence-electron chi connectivity index (χ2n) is 4.63. The van der Waals surface area contributed by atoms with Crippen molar-refractivity contribution in [2.24, 2.45) is 0 Å². The van der Waals surface area contributed by atoms with E-state index in [1.807, 2.05) is 11.8 Å². The number of fused-ring (bicyclic) bond motifs is 1. The van der Waals surface area contributed by atoms with Crippen molar-refractivity contribution in [1.29, 1.82) is 0 Å². The molecule has 1 aromatic heterocycles. The van der Waals surface area contributed by atoms with Crippen molar-refractivity contribution in [2.45, 2.75) is 38.5 Å². The summed E-state index contributed by atoms with van der Waals surface area (Å²) in [5.41, 5.74) is 1.33. The van der Waals surface area contributed by atoms with Gasteiger partial charge in [-0.3, -0.25) is 0 Å². The first kappa shape index (κ1) is 16.3. The number of hydrogen-bond donors (Lipinski definition) is 0. The summed E-state index contributed by atoms with van der Waals surface area (Å²) >= 11 is 2.03. The van der Waals surface area contributed by atoms with Crippen molar-refractivity contribution in [3.63, 3.8) is 0 Å². The summed E-state index contributed by atoms with van der Waals surface area (Å²) in [4.78, 5) is 0. The lowest BCUT2D eigenvalue weighted by Gasteiger charge is -2.01. The fraction of sp³-hybridized carbons (Fsp3) is 0.438. The van der Waals surface area contributed by atoms with Crippen LogP contribution in [-0.4, -0.2) is 5.75 Å². The molecule has 0 bridgehead atoms. The molecule has 0 spiro atoms. The van der Waals surface area contributed by atoms with Gasteiger partial charge in [-0.05, 0) is 24.3 Å². The molecule has 0 fully saturated rings. The molecule has 2 rings (SSSR count). The van der Waals surface area contributed by atoms with Crippen molar-refractivity contribution >= 4 is 22.7 Å². The number of rotatable bonds is 7. The third kappa shape index (κ3) is 5.04. The van der Waals surface area contributed by atoms with Crippen LogP contribution in [0.5, 0.6) is 0 Å². The first-order chi connectivity index (χ1) is 8.92. The fourth-order valence-corrected chi connectivity index (χ4v) is 3.09. The normalized spacial score (nSPS) is 10.4. The zero-order chi connectivity index (χ0) is 12.6. The van der Waals surface area contributed by atoms with Gasteiger partial charge in [-0.15, -0.1) is 0 Å². The van der Waals surface area contributed by atoms with Gasteiger partial charge >= 0.3 is 0 Å². The van der Waals surface area contributed by atoms with Crippen molar-refractivity contribution in [3.05, 3.63) is 42.6 Å². The number of benzene rings is 1. The van der Waals surface area contributed by atoms with Crippen LogP contribution in [0.1, 0.15) is 32.6 Å². The van der Waals surface area contributed by atoms with Crippen molar-refractivity contribution in [2.75, 3.05) is 5.75 Å². The largest absolute Gasteiger partial charge is 1.00 e. The van der Waals surface area contributed by atoms with Gasteiger partial charge in [-0.1, -0.05) is 50.1 Å². The SMILES string of the molecule is CCCCCCSC[n+]1cccc2ccccc21.[Cl-]. The average Bonchev–Trinajstić information content (AvgIpc) is 2.43. The highest BCUT2D eigenvalue weighted by Gasteiger charge is 2.06. The highest BCUT2D eigenvalue weighted by atomic mass is 35.5. The molecule has 2 aromatic rings. The summed E-state index contributed by atoms with van der Waals surface area (Å²) in [6.07, 6.45) is 7.61. The lowest BCUT2D eigenvalue weighted by molar-refractivity contribution is -0.649. The predicted molar refractivity (Wildman–Crippen MR) is 80.7 cm³/mol. The summed E-state index contributed by atoms with van der Waals surface area (Å²) in [5.74, 6) is 2.34. The molecule has 0 aliphatic carbocycles. The van der Waals surface area contributed by atoms with Crippen molar-refractivity contribution < 1.29 is 17.0 Å². The molecular weight excluding hydrogens is 274 g/mol. The molecule has 0 aliphatic rings.